The maximum atomic E-state index is 15.7. The second-order valence-electron chi connectivity index (χ2n) is 32.3. The highest BCUT2D eigenvalue weighted by Crippen LogP contribution is 2.43. The van der Waals surface area contributed by atoms with Crippen molar-refractivity contribution in [2.24, 2.45) is 5.73 Å². The summed E-state index contributed by atoms with van der Waals surface area (Å²) in [6.45, 7) is -1.90. The SMILES string of the molecule is C[C@@H](O)[C@H](NC(=O)[C@@H]1CSSC[C@H](NC(=O)[C@@H](Cc2ccccc2)NC(=O)[C@H](CCCCNC(=O)CN(CCN(CCN(CC(=O)O)CC(=O)O)CC(=O)O)CC(=O)O)NC(=S)Nc2ccc(-c3c4ccc(=O)cc-4oc4cc(O)ccc34)c(C(=O)O)c2)C(=O)N[C@@H](Cc2ccc(O)cc2)C(=O)N[C@H](Cc2c[nH]c3ccccc23)C(=O)N[C@@H](CCCCN)C(=O)N[C@H]([C@@H](C)O)C(=O)N1)C(=O)O. The molecule has 728 valence electrons. The predicted octanol–water partition coefficient (Wildman–Crippen LogP) is 0.318. The minimum Gasteiger partial charge on any atom is -0.508 e. The molecule has 136 heavy (non-hydrogen) atoms. The summed E-state index contributed by atoms with van der Waals surface area (Å²) in [4.78, 5) is 227. The number of hydrogen-bond acceptors (Lipinski definition) is 28. The lowest BCUT2D eigenvalue weighted by molar-refractivity contribution is -0.145. The fourth-order valence-electron chi connectivity index (χ4n) is 14.9. The topological polar surface area (TPSA) is 672 Å². The van der Waals surface area contributed by atoms with Gasteiger partial charge in [0.1, 0.15) is 71.2 Å². The third-order valence-electron chi connectivity index (χ3n) is 21.7. The number of aromatic nitrogens is 1. The van der Waals surface area contributed by atoms with E-state index < -0.39 is 205 Å². The normalized spacial score (nSPS) is 17.6. The molecular formula is C90H108N16O27S3. The van der Waals surface area contributed by atoms with Crippen molar-refractivity contribution in [3.8, 4) is 33.9 Å². The Hall–Kier alpha value is -13.9. The number of nitrogens with zero attached hydrogens (tertiary/aromatic N) is 3. The lowest BCUT2D eigenvalue weighted by atomic mass is 9.90. The number of aliphatic carboxylic acids is 5. The van der Waals surface area contributed by atoms with E-state index in [0.29, 0.717) is 50.5 Å². The van der Waals surface area contributed by atoms with Gasteiger partial charge in [-0.05, 0) is 148 Å². The van der Waals surface area contributed by atoms with Crippen molar-refractivity contribution < 1.29 is 127 Å². The number of carboxylic acid groups (broad SMARTS) is 6. The van der Waals surface area contributed by atoms with Gasteiger partial charge < -0.3 is 125 Å². The van der Waals surface area contributed by atoms with Crippen molar-refractivity contribution >= 4 is 155 Å². The number of carbonyl (C=O) groups is 15. The molecule has 1 saturated heterocycles. The van der Waals surface area contributed by atoms with Gasteiger partial charge in [0.25, 0.3) is 0 Å². The predicted molar refractivity (Wildman–Crippen MR) is 501 cm³/mol. The molecule has 9 amide bonds. The van der Waals surface area contributed by atoms with Crippen LogP contribution in [0, 0.1) is 0 Å². The van der Waals surface area contributed by atoms with Gasteiger partial charge in [0.2, 0.25) is 53.2 Å². The lowest BCUT2D eigenvalue weighted by Crippen LogP contribution is -2.62. The van der Waals surface area contributed by atoms with Crippen molar-refractivity contribution in [1.29, 1.82) is 0 Å². The second-order valence-corrected chi connectivity index (χ2v) is 35.2. The second kappa shape index (κ2) is 51.6. The van der Waals surface area contributed by atoms with E-state index in [-0.39, 0.29) is 135 Å². The molecule has 0 bridgehead atoms. The number of aromatic hydroxyl groups is 2. The van der Waals surface area contributed by atoms with Crippen LogP contribution in [-0.4, -0.2) is 315 Å². The van der Waals surface area contributed by atoms with Gasteiger partial charge in [-0.15, -0.1) is 0 Å². The molecule has 9 rings (SSSR count). The molecule has 24 N–H and O–H groups in total. The Bertz CT molecular complexity index is 5640. The number of amides is 9. The van der Waals surface area contributed by atoms with Crippen LogP contribution in [0.4, 0.5) is 5.69 Å². The monoisotopic (exact) mass is 1940 g/mol. The number of unbranched alkanes of at least 4 members (excludes halogenated alkanes) is 2. The number of nitrogens with two attached hydrogens (primary N) is 1. The fourth-order valence-corrected chi connectivity index (χ4v) is 17.5. The van der Waals surface area contributed by atoms with E-state index in [1.54, 1.807) is 60.8 Å². The Labute approximate surface area is 790 Å². The van der Waals surface area contributed by atoms with Gasteiger partial charge in [0.05, 0.1) is 50.5 Å². The smallest absolute Gasteiger partial charge is 0.336 e. The molecule has 1 fully saturated rings. The van der Waals surface area contributed by atoms with Crippen LogP contribution >= 0.6 is 33.8 Å². The van der Waals surface area contributed by atoms with Crippen LogP contribution < -0.4 is 69.6 Å². The largest absolute Gasteiger partial charge is 0.508 e. The fraction of sp³-hybridized carbons (Fsp3) is 0.389. The van der Waals surface area contributed by atoms with Crippen LogP contribution in [0.5, 0.6) is 11.5 Å². The summed E-state index contributed by atoms with van der Waals surface area (Å²) in [5, 5.41) is 132. The van der Waals surface area contributed by atoms with Gasteiger partial charge in [-0.1, -0.05) is 88.3 Å². The van der Waals surface area contributed by atoms with Crippen LogP contribution in [0.3, 0.4) is 0 Å². The standard InChI is InChI=1S/C90H108N16O27S3/c1-48(107)78-87(128)100-69(86(127)103-79(49(2)108)89(131)132)47-136-135-46-68(85(126)97-66(35-51-18-21-54(109)22-19-51)82(123)98-67(36-52-40-93-62-15-7-6-14-57(52)62)84(125)95-63(81(122)102-78)16-8-10-28-91)99-83(124)65(34-50-12-4-3-5-13-50)96-80(121)64(17-9-11-29-92-72(112)41-105(43-74(115)116)32-30-104(42-73(113)114)31-33-106(44-75(117)118)45-76(119)120)101-90(134)94-53-20-25-58(61(37-53)88(129)130)77-59-26-23-55(110)38-70(59)133-71-39-56(111)24-27-60(71)77/h3-7,12-15,18-27,37-40,48-49,63-69,78-79,93,107-110H,8-11,16-17,28-36,41-47,91H2,1-2H3,(H,92,112)(H,95,125)(H,96,121)(H,97,126)(H,98,123)(H,99,124)(H,100,128)(H,102,122)(H,103,127)(H,113,114)(H,115,116)(H,117,118)(H,119,120)(H,129,130)(H,131,132)(H2,94,101,134)/t48-,49-,63+,64+,65-,66+,67-,68+,69+,78-,79+/m1/s1. The number of anilines is 1. The van der Waals surface area contributed by atoms with Crippen molar-refractivity contribution in [3.05, 3.63) is 172 Å². The number of nitrogens with one attached hydrogen (secondary N) is 12. The minimum absolute atomic E-state index is 0.0207. The molecule has 1 aromatic heterocycles. The summed E-state index contributed by atoms with van der Waals surface area (Å²) in [6, 6.07) is 17.2. The van der Waals surface area contributed by atoms with Crippen molar-refractivity contribution in [3.63, 3.8) is 0 Å². The molecule has 2 aliphatic heterocycles. The molecule has 1 aliphatic carbocycles. The number of rotatable bonds is 44. The van der Waals surface area contributed by atoms with Crippen LogP contribution in [0.2, 0.25) is 0 Å². The maximum absolute atomic E-state index is 15.7. The highest BCUT2D eigenvalue weighted by molar-refractivity contribution is 8.76. The Morgan fingerprint density at radius 3 is 1.81 bits per heavy atom. The first-order valence-electron chi connectivity index (χ1n) is 43.1. The molecular weight excluding hydrogens is 1830 g/mol. The number of aromatic carboxylic acids is 1. The number of para-hydroxylation sites is 1. The molecule has 3 aliphatic rings. The molecule has 6 aromatic rings. The molecule has 43 nitrogen and oxygen atoms in total. The van der Waals surface area contributed by atoms with Gasteiger partial charge in [-0.2, -0.15) is 0 Å². The van der Waals surface area contributed by atoms with Crippen LogP contribution in [0.1, 0.15) is 79.4 Å². The van der Waals surface area contributed by atoms with E-state index >= 15 is 24.0 Å². The van der Waals surface area contributed by atoms with E-state index in [9.17, 15) is 104 Å². The maximum Gasteiger partial charge on any atom is 0.336 e. The average molecular weight is 1940 g/mol. The van der Waals surface area contributed by atoms with Crippen molar-refractivity contribution in [2.75, 3.05) is 88.8 Å². The number of hydrogen-bond donors (Lipinski definition) is 23. The Balaban J connectivity index is 1.06. The molecule has 11 atom stereocenters. The number of phenols is 2. The molecule has 3 heterocycles. The Morgan fingerprint density at radius 1 is 0.559 bits per heavy atom. The zero-order valence-corrected chi connectivity index (χ0v) is 76.2. The lowest BCUT2D eigenvalue weighted by Gasteiger charge is -2.29. The highest BCUT2D eigenvalue weighted by atomic mass is 33.1. The first kappa shape index (κ1) is 106. The number of aliphatic hydroxyl groups is 2. The number of H-pyrrole nitrogens is 1. The number of thiocarbonyl (C=S) groups is 1. The van der Waals surface area contributed by atoms with E-state index in [0.717, 1.165) is 40.3 Å². The summed E-state index contributed by atoms with van der Waals surface area (Å²) in [7, 11) is 1.53. The van der Waals surface area contributed by atoms with Crippen molar-refractivity contribution in [2.45, 2.75) is 138 Å². The summed E-state index contributed by atoms with van der Waals surface area (Å²) >= 11 is 5.88. The zero-order chi connectivity index (χ0) is 99.0. The number of carboxylic acids is 6. The quantitative estimate of drug-likeness (QED) is 0.0106. The van der Waals surface area contributed by atoms with Gasteiger partial charge in [-0.25, -0.2) is 9.59 Å². The molecule has 0 saturated carbocycles. The number of phenolic OH excluding ortho intramolecular Hbond substituents is 2. The third kappa shape index (κ3) is 32.5. The third-order valence-corrected chi connectivity index (χ3v) is 24.4. The zero-order valence-electron chi connectivity index (χ0n) is 73.7. The van der Waals surface area contributed by atoms with E-state index in [2.05, 4.69) is 63.5 Å². The highest BCUT2D eigenvalue weighted by Gasteiger charge is 2.39. The summed E-state index contributed by atoms with van der Waals surface area (Å²) in [5.41, 5.74) is 7.86. The first-order valence-corrected chi connectivity index (χ1v) is 46.0. The number of fused-ring (bicyclic) bond motifs is 3. The summed E-state index contributed by atoms with van der Waals surface area (Å²) in [5.74, 6) is -19.2. The van der Waals surface area contributed by atoms with Crippen LogP contribution in [0.15, 0.2) is 149 Å². The number of benzene rings is 6. The Morgan fingerprint density at radius 2 is 1.16 bits per heavy atom. The van der Waals surface area contributed by atoms with Crippen LogP contribution in [0.25, 0.3) is 44.3 Å². The minimum atomic E-state index is -1.98. The molecule has 5 aromatic carbocycles. The van der Waals surface area contributed by atoms with Gasteiger partial charge in [0, 0.05) is 115 Å². The molecule has 0 radical (unpaired) electrons. The first-order chi connectivity index (χ1) is 64.8. The molecule has 0 spiro atoms. The Kier molecular flexibility index (Phi) is 40.1. The average Bonchev–Trinajstić information content (AvgIpc) is 0.800. The number of aromatic amines is 1. The molecule has 0 unspecified atom stereocenters. The van der Waals surface area contributed by atoms with E-state index in [4.69, 9.17) is 22.4 Å². The van der Waals surface area contributed by atoms with E-state index in [1.807, 2.05) is 0 Å². The van der Waals surface area contributed by atoms with Gasteiger partial charge in [0.15, 0.2) is 16.6 Å². The van der Waals surface area contributed by atoms with E-state index in [1.165, 1.54) is 88.7 Å². The molecule has 46 heteroatoms. The van der Waals surface area contributed by atoms with Gasteiger partial charge >= 0.3 is 35.8 Å². The van der Waals surface area contributed by atoms with Crippen LogP contribution in [-0.2, 0) is 86.4 Å². The number of carbonyl (C=O) groups excluding carboxylic acids is 9. The van der Waals surface area contributed by atoms with Crippen molar-refractivity contribution in [1.82, 2.24) is 72.9 Å². The van der Waals surface area contributed by atoms with Gasteiger partial charge in [-0.3, -0.25) is 81.8 Å². The summed E-state index contributed by atoms with van der Waals surface area (Å²) in [6.07, 6.45) is -2.66. The number of aliphatic hydroxyl groups excluding tert-OH is 2. The summed E-state index contributed by atoms with van der Waals surface area (Å²) < 4.78 is 6.01.